The smallest absolute Gasteiger partial charge is 0.246 e. The van der Waals surface area contributed by atoms with Gasteiger partial charge in [-0.1, -0.05) is 0 Å². The molecule has 0 bridgehead atoms. The number of hydrogen-bond donors (Lipinski definition) is 1. The van der Waals surface area contributed by atoms with Crippen molar-refractivity contribution in [2.24, 2.45) is 0 Å². The van der Waals surface area contributed by atoms with Gasteiger partial charge in [-0.2, -0.15) is 0 Å². The van der Waals surface area contributed by atoms with Gasteiger partial charge in [0.25, 0.3) is 0 Å². The van der Waals surface area contributed by atoms with Gasteiger partial charge in [-0.05, 0) is 13.8 Å². The first-order valence-corrected chi connectivity index (χ1v) is 4.17. The molecule has 0 saturated carbocycles. The molecule has 1 unspecified atom stereocenters. The van der Waals surface area contributed by atoms with E-state index in [0.717, 1.165) is 0 Å². The molecule has 0 aliphatic carbocycles. The molecule has 0 spiro atoms. The number of carbonyl (C=O) groups is 1. The topological polar surface area (TPSA) is 38.3 Å². The maximum atomic E-state index is 10.9. The third-order valence-corrected chi connectivity index (χ3v) is 1.54. The van der Waals surface area contributed by atoms with E-state index in [0.29, 0.717) is 12.5 Å². The van der Waals surface area contributed by atoms with Gasteiger partial charge in [0.15, 0.2) is 0 Å². The molecule has 3 nitrogen and oxygen atoms in total. The lowest BCUT2D eigenvalue weighted by atomic mass is 10.4. The number of alkyl halides is 1. The van der Waals surface area contributed by atoms with Crippen molar-refractivity contribution in [3.63, 3.8) is 0 Å². The Morgan fingerprint density at radius 1 is 1.73 bits per heavy atom. The summed E-state index contributed by atoms with van der Waals surface area (Å²) in [5, 5.41) is 2.67. The van der Waals surface area contributed by atoms with Gasteiger partial charge in [-0.15, -0.1) is 11.6 Å². The van der Waals surface area contributed by atoms with Crippen LogP contribution in [0.4, 0.5) is 0 Å². The van der Waals surface area contributed by atoms with Crippen molar-refractivity contribution >= 4 is 17.5 Å². The Kier molecular flexibility index (Phi) is 6.27. The quantitative estimate of drug-likeness (QED) is 0.634. The zero-order valence-electron chi connectivity index (χ0n) is 6.89. The average Bonchev–Trinajstić information content (AvgIpc) is 2.00. The Balaban J connectivity index is 3.36. The van der Waals surface area contributed by atoms with E-state index in [1.54, 1.807) is 0 Å². The van der Waals surface area contributed by atoms with Gasteiger partial charge in [0.1, 0.15) is 6.61 Å². The fraction of sp³-hybridized carbons (Fsp3) is 0.857. The van der Waals surface area contributed by atoms with Crippen molar-refractivity contribution in [2.75, 3.05) is 19.1 Å². The van der Waals surface area contributed by atoms with E-state index in [4.69, 9.17) is 16.3 Å². The lowest BCUT2D eigenvalue weighted by Gasteiger charge is -2.09. The van der Waals surface area contributed by atoms with Crippen LogP contribution in [-0.4, -0.2) is 31.0 Å². The number of ether oxygens (including phenoxy) is 1. The second kappa shape index (κ2) is 6.43. The van der Waals surface area contributed by atoms with Crippen molar-refractivity contribution in [3.05, 3.63) is 0 Å². The van der Waals surface area contributed by atoms with Crippen LogP contribution in [0.15, 0.2) is 0 Å². The maximum absolute atomic E-state index is 10.9. The Morgan fingerprint density at radius 3 is 2.82 bits per heavy atom. The van der Waals surface area contributed by atoms with E-state index in [1.807, 2.05) is 13.8 Å². The van der Waals surface area contributed by atoms with Crippen molar-refractivity contribution in [3.8, 4) is 0 Å². The van der Waals surface area contributed by atoms with Crippen molar-refractivity contribution in [2.45, 2.75) is 19.9 Å². The molecule has 1 amide bonds. The van der Waals surface area contributed by atoms with Gasteiger partial charge in [0, 0.05) is 18.5 Å². The van der Waals surface area contributed by atoms with Crippen LogP contribution in [0.25, 0.3) is 0 Å². The van der Waals surface area contributed by atoms with Gasteiger partial charge in [0.2, 0.25) is 5.91 Å². The third kappa shape index (κ3) is 6.13. The second-order valence-electron chi connectivity index (χ2n) is 2.26. The van der Waals surface area contributed by atoms with Crippen LogP contribution in [0, 0.1) is 0 Å². The molecule has 4 heteroatoms. The van der Waals surface area contributed by atoms with Crippen molar-refractivity contribution < 1.29 is 9.53 Å². The molecule has 0 aliphatic heterocycles. The molecule has 0 aromatic rings. The number of halogens is 1. The zero-order chi connectivity index (χ0) is 8.69. The van der Waals surface area contributed by atoms with Crippen LogP contribution in [0.5, 0.6) is 0 Å². The number of hydrogen-bond acceptors (Lipinski definition) is 2. The largest absolute Gasteiger partial charge is 0.372 e. The summed E-state index contributed by atoms with van der Waals surface area (Å²) in [5.74, 6) is 0.317. The summed E-state index contributed by atoms with van der Waals surface area (Å²) in [4.78, 5) is 10.9. The first-order valence-electron chi connectivity index (χ1n) is 3.63. The number of rotatable bonds is 5. The first kappa shape index (κ1) is 10.7. The number of amides is 1. The molecule has 1 N–H and O–H groups in total. The minimum atomic E-state index is -0.111. The minimum Gasteiger partial charge on any atom is -0.372 e. The molecule has 0 fully saturated rings. The van der Waals surface area contributed by atoms with Gasteiger partial charge in [-0.25, -0.2) is 0 Å². The summed E-state index contributed by atoms with van der Waals surface area (Å²) in [6.07, 6.45) is 0. The Morgan fingerprint density at radius 2 is 2.36 bits per heavy atom. The molecule has 0 rings (SSSR count). The fourth-order valence-electron chi connectivity index (χ4n) is 0.550. The van der Waals surface area contributed by atoms with Crippen molar-refractivity contribution in [1.82, 2.24) is 5.32 Å². The predicted molar refractivity (Wildman–Crippen MR) is 44.8 cm³/mol. The van der Waals surface area contributed by atoms with Gasteiger partial charge in [-0.3, -0.25) is 4.79 Å². The molecular formula is C7H14ClNO2. The van der Waals surface area contributed by atoms with E-state index in [-0.39, 0.29) is 18.6 Å². The molecule has 0 aromatic carbocycles. The van der Waals surface area contributed by atoms with Crippen LogP contribution in [0.3, 0.4) is 0 Å². The first-order chi connectivity index (χ1) is 5.20. The van der Waals surface area contributed by atoms with Crippen LogP contribution >= 0.6 is 11.6 Å². The van der Waals surface area contributed by atoms with Crippen LogP contribution in [0.2, 0.25) is 0 Å². The summed E-state index contributed by atoms with van der Waals surface area (Å²) in [6, 6.07) is 0.0182. The van der Waals surface area contributed by atoms with E-state index in [9.17, 15) is 4.79 Å². The molecule has 0 radical (unpaired) electrons. The normalized spacial score (nSPS) is 12.6. The monoisotopic (exact) mass is 179 g/mol. The highest BCUT2D eigenvalue weighted by Gasteiger charge is 2.04. The average molecular weight is 180 g/mol. The van der Waals surface area contributed by atoms with Gasteiger partial charge >= 0.3 is 0 Å². The second-order valence-corrected chi connectivity index (χ2v) is 2.57. The summed E-state index contributed by atoms with van der Waals surface area (Å²) >= 11 is 5.47. The summed E-state index contributed by atoms with van der Waals surface area (Å²) in [5.41, 5.74) is 0. The number of nitrogens with one attached hydrogen (secondary N) is 1. The zero-order valence-corrected chi connectivity index (χ0v) is 7.65. The highest BCUT2D eigenvalue weighted by atomic mass is 35.5. The molecule has 0 saturated heterocycles. The SMILES string of the molecule is CCOCC(=O)NC(C)CCl. The van der Waals surface area contributed by atoms with Gasteiger partial charge < -0.3 is 10.1 Å². The Bertz CT molecular complexity index is 119. The summed E-state index contributed by atoms with van der Waals surface area (Å²) in [6.45, 7) is 4.37. The minimum absolute atomic E-state index is 0.0182. The standard InChI is InChI=1S/C7H14ClNO2/c1-3-11-5-7(10)9-6(2)4-8/h6H,3-5H2,1-2H3,(H,9,10). The maximum Gasteiger partial charge on any atom is 0.246 e. The molecule has 0 aromatic heterocycles. The van der Waals surface area contributed by atoms with E-state index in [2.05, 4.69) is 5.32 Å². The Labute approximate surface area is 72.1 Å². The molecule has 11 heavy (non-hydrogen) atoms. The lowest BCUT2D eigenvalue weighted by molar-refractivity contribution is -0.126. The van der Waals surface area contributed by atoms with E-state index in [1.165, 1.54) is 0 Å². The van der Waals surface area contributed by atoms with E-state index >= 15 is 0 Å². The molecule has 66 valence electrons. The predicted octanol–water partition coefficient (Wildman–Crippen LogP) is 0.766. The highest BCUT2D eigenvalue weighted by molar-refractivity contribution is 6.18. The third-order valence-electron chi connectivity index (χ3n) is 1.08. The summed E-state index contributed by atoms with van der Waals surface area (Å²) < 4.78 is 4.89. The number of carbonyl (C=O) groups excluding carboxylic acids is 1. The lowest BCUT2D eigenvalue weighted by Crippen LogP contribution is -2.36. The Hall–Kier alpha value is -0.280. The molecule has 0 heterocycles. The molecule has 0 aliphatic rings. The van der Waals surface area contributed by atoms with Crippen molar-refractivity contribution in [1.29, 1.82) is 0 Å². The molecular weight excluding hydrogens is 166 g/mol. The summed E-state index contributed by atoms with van der Waals surface area (Å²) in [7, 11) is 0. The highest BCUT2D eigenvalue weighted by Crippen LogP contribution is 1.85. The van der Waals surface area contributed by atoms with Gasteiger partial charge in [0.05, 0.1) is 0 Å². The van der Waals surface area contributed by atoms with E-state index < -0.39 is 0 Å². The van der Waals surface area contributed by atoms with Crippen LogP contribution in [-0.2, 0) is 9.53 Å². The van der Waals surface area contributed by atoms with Crippen LogP contribution in [0.1, 0.15) is 13.8 Å². The molecule has 1 atom stereocenters. The fourth-order valence-corrected chi connectivity index (χ4v) is 0.627. The van der Waals surface area contributed by atoms with Crippen LogP contribution < -0.4 is 5.32 Å².